The van der Waals surface area contributed by atoms with Crippen molar-refractivity contribution in [3.63, 3.8) is 0 Å². The van der Waals surface area contributed by atoms with Crippen LogP contribution in [0.2, 0.25) is 0 Å². The molecule has 0 atom stereocenters. The third-order valence-corrected chi connectivity index (χ3v) is 6.13. The van der Waals surface area contributed by atoms with Crippen molar-refractivity contribution in [2.24, 2.45) is 0 Å². The molecule has 0 amide bonds. The highest BCUT2D eigenvalue weighted by Crippen LogP contribution is 2.42. The summed E-state index contributed by atoms with van der Waals surface area (Å²) in [4.78, 5) is 13.1. The Morgan fingerprint density at radius 2 is 1.85 bits per heavy atom. The Hall–Kier alpha value is -3.47. The van der Waals surface area contributed by atoms with Gasteiger partial charge in [0.2, 0.25) is 11.8 Å². The Labute approximate surface area is 186 Å². The average molecular weight is 458 g/mol. The summed E-state index contributed by atoms with van der Waals surface area (Å²) in [6.07, 6.45) is -0.0398. The van der Waals surface area contributed by atoms with Crippen LogP contribution in [0.4, 0.5) is 19.1 Å². The summed E-state index contributed by atoms with van der Waals surface area (Å²) in [7, 11) is 1.50. The van der Waals surface area contributed by atoms with Crippen molar-refractivity contribution in [1.29, 1.82) is 0 Å². The molecule has 4 aromatic rings. The minimum absolute atomic E-state index is 0.148. The molecule has 5 rings (SSSR count). The van der Waals surface area contributed by atoms with E-state index in [1.54, 1.807) is 23.1 Å². The van der Waals surface area contributed by atoms with Crippen LogP contribution >= 0.6 is 0 Å². The van der Waals surface area contributed by atoms with Crippen molar-refractivity contribution in [1.82, 2.24) is 24.6 Å². The highest BCUT2D eigenvalue weighted by molar-refractivity contribution is 5.89. The molecule has 1 aliphatic rings. The molecule has 1 aliphatic carbocycles. The number of fused-ring (bicyclic) bond motifs is 2. The van der Waals surface area contributed by atoms with Gasteiger partial charge in [-0.3, -0.25) is 9.97 Å². The van der Waals surface area contributed by atoms with Crippen LogP contribution in [0.1, 0.15) is 25.7 Å². The number of nitrogens with zero attached hydrogens (tertiary/aromatic N) is 5. The highest BCUT2D eigenvalue weighted by Gasteiger charge is 2.54. The molecule has 0 radical (unpaired) electrons. The van der Waals surface area contributed by atoms with Crippen molar-refractivity contribution in [2.75, 3.05) is 12.4 Å². The van der Waals surface area contributed by atoms with E-state index in [0.717, 1.165) is 22.2 Å². The van der Waals surface area contributed by atoms with E-state index in [4.69, 9.17) is 4.74 Å². The molecule has 1 fully saturated rings. The average Bonchev–Trinajstić information content (AvgIpc) is 3.23. The Kier molecular flexibility index (Phi) is 5.08. The number of methoxy groups -OCH3 is 1. The van der Waals surface area contributed by atoms with Crippen LogP contribution in [0, 0.1) is 0 Å². The van der Waals surface area contributed by atoms with Crippen LogP contribution in [0.25, 0.3) is 27.7 Å². The molecular formula is C22H21F3N6O2. The maximum atomic E-state index is 13.1. The molecule has 0 spiro atoms. The fraction of sp³-hybridized carbons (Fsp3) is 0.364. The predicted molar refractivity (Wildman–Crippen MR) is 115 cm³/mol. The lowest BCUT2D eigenvalue weighted by Crippen LogP contribution is -2.49. The summed E-state index contributed by atoms with van der Waals surface area (Å²) in [6, 6.07) is 7.34. The monoisotopic (exact) mass is 458 g/mol. The van der Waals surface area contributed by atoms with Gasteiger partial charge < -0.3 is 15.2 Å². The summed E-state index contributed by atoms with van der Waals surface area (Å²) in [5, 5.41) is 17.4. The van der Waals surface area contributed by atoms with E-state index in [0.29, 0.717) is 11.4 Å². The number of hydrogen-bond donors (Lipinski definition) is 2. The first-order valence-corrected chi connectivity index (χ1v) is 10.5. The number of aliphatic hydroxyl groups is 1. The first-order valence-electron chi connectivity index (χ1n) is 10.5. The van der Waals surface area contributed by atoms with Crippen LogP contribution in [-0.2, 0) is 0 Å². The number of alkyl halides is 3. The molecule has 1 aromatic carbocycles. The zero-order valence-corrected chi connectivity index (χ0v) is 17.7. The molecule has 1 saturated carbocycles. The number of nitrogens with one attached hydrogen (secondary N) is 1. The first kappa shape index (κ1) is 21.4. The predicted octanol–water partition coefficient (Wildman–Crippen LogP) is 4.00. The third-order valence-electron chi connectivity index (χ3n) is 6.13. The summed E-state index contributed by atoms with van der Waals surface area (Å²) in [5.74, 6) is 0.572. The number of rotatable bonds is 4. The van der Waals surface area contributed by atoms with E-state index >= 15 is 0 Å². The van der Waals surface area contributed by atoms with Crippen molar-refractivity contribution < 1.29 is 23.0 Å². The number of ether oxygens (including phenoxy) is 1. The zero-order chi connectivity index (χ0) is 23.2. The maximum absolute atomic E-state index is 13.1. The van der Waals surface area contributed by atoms with Crippen LogP contribution in [0.3, 0.4) is 0 Å². The number of benzene rings is 1. The van der Waals surface area contributed by atoms with Crippen LogP contribution in [-0.4, -0.2) is 54.6 Å². The highest BCUT2D eigenvalue weighted by atomic mass is 19.4. The Balaban J connectivity index is 1.43. The van der Waals surface area contributed by atoms with Gasteiger partial charge in [-0.15, -0.1) is 5.10 Å². The molecule has 0 bridgehead atoms. The van der Waals surface area contributed by atoms with Crippen LogP contribution < -0.4 is 10.1 Å². The Bertz CT molecular complexity index is 1310. The second-order valence-electron chi connectivity index (χ2n) is 8.18. The van der Waals surface area contributed by atoms with Gasteiger partial charge in [0, 0.05) is 30.2 Å². The minimum atomic E-state index is -4.63. The Morgan fingerprint density at radius 3 is 2.55 bits per heavy atom. The van der Waals surface area contributed by atoms with Gasteiger partial charge in [-0.1, -0.05) is 6.07 Å². The molecule has 0 saturated heterocycles. The molecule has 0 aliphatic heterocycles. The quantitative estimate of drug-likeness (QED) is 0.477. The maximum Gasteiger partial charge on any atom is 0.417 e. The second kappa shape index (κ2) is 7.84. The molecule has 3 aromatic heterocycles. The molecule has 0 unspecified atom stereocenters. The lowest BCUT2D eigenvalue weighted by atomic mass is 9.82. The molecule has 172 valence electrons. The number of hydrogen-bond acceptors (Lipinski definition) is 7. The molecule has 33 heavy (non-hydrogen) atoms. The summed E-state index contributed by atoms with van der Waals surface area (Å²) >= 11 is 0. The molecule has 11 heteroatoms. The smallest absolute Gasteiger partial charge is 0.417 e. The van der Waals surface area contributed by atoms with Crippen LogP contribution in [0.5, 0.6) is 5.88 Å². The van der Waals surface area contributed by atoms with Gasteiger partial charge >= 0.3 is 6.18 Å². The fourth-order valence-electron chi connectivity index (χ4n) is 4.27. The lowest BCUT2D eigenvalue weighted by Gasteiger charge is -2.37. The van der Waals surface area contributed by atoms with Crippen LogP contribution in [0.15, 0.2) is 42.9 Å². The van der Waals surface area contributed by atoms with Crippen molar-refractivity contribution >= 4 is 22.5 Å². The molecular weight excluding hydrogens is 437 g/mol. The van der Waals surface area contributed by atoms with Gasteiger partial charge in [0.05, 0.1) is 18.1 Å². The standard InChI is InChI=1S/C22H21F3N6O2/c1-33-19-18-15(13-2-3-16-17(12-13)27-10-9-26-16)6-11-31(18)30-20(29-19)28-14-4-7-21(32,8-5-14)22(23,24)25/h2-3,6,9-12,14,32H,4-5,7-8H2,1H3,(H,28,30). The van der Waals surface area contributed by atoms with E-state index in [2.05, 4.69) is 25.4 Å². The number of halogens is 3. The number of aromatic nitrogens is 5. The van der Waals surface area contributed by atoms with Crippen molar-refractivity contribution in [3.05, 3.63) is 42.9 Å². The van der Waals surface area contributed by atoms with E-state index < -0.39 is 11.8 Å². The second-order valence-corrected chi connectivity index (χ2v) is 8.18. The fourth-order valence-corrected chi connectivity index (χ4v) is 4.27. The largest absolute Gasteiger partial charge is 0.479 e. The minimum Gasteiger partial charge on any atom is -0.479 e. The van der Waals surface area contributed by atoms with Gasteiger partial charge in [-0.25, -0.2) is 4.52 Å². The third kappa shape index (κ3) is 3.82. The summed E-state index contributed by atoms with van der Waals surface area (Å²) in [5.41, 5.74) is 1.30. The van der Waals surface area contributed by atoms with Gasteiger partial charge in [0.1, 0.15) is 5.52 Å². The summed E-state index contributed by atoms with van der Waals surface area (Å²) in [6.45, 7) is 0. The normalized spacial score (nSPS) is 21.4. The van der Waals surface area contributed by atoms with E-state index in [-0.39, 0.29) is 37.7 Å². The van der Waals surface area contributed by atoms with Gasteiger partial charge in [0.15, 0.2) is 5.60 Å². The SMILES string of the molecule is COc1nc(NC2CCC(O)(C(F)(F)F)CC2)nn2ccc(-c3ccc4nccnc4c3)c12. The summed E-state index contributed by atoms with van der Waals surface area (Å²) < 4.78 is 46.3. The van der Waals surface area contributed by atoms with Gasteiger partial charge in [-0.05, 0) is 49.4 Å². The van der Waals surface area contributed by atoms with E-state index in [1.807, 2.05) is 24.3 Å². The molecule has 3 heterocycles. The number of anilines is 1. The first-order chi connectivity index (χ1) is 15.8. The topological polar surface area (TPSA) is 97.5 Å². The Morgan fingerprint density at radius 1 is 1.12 bits per heavy atom. The van der Waals surface area contributed by atoms with Gasteiger partial charge in [0.25, 0.3) is 0 Å². The van der Waals surface area contributed by atoms with Gasteiger partial charge in [-0.2, -0.15) is 18.2 Å². The van der Waals surface area contributed by atoms with E-state index in [9.17, 15) is 18.3 Å². The van der Waals surface area contributed by atoms with Crippen molar-refractivity contribution in [2.45, 2.75) is 43.5 Å². The lowest BCUT2D eigenvalue weighted by molar-refractivity contribution is -0.269. The molecule has 2 N–H and O–H groups in total. The van der Waals surface area contributed by atoms with Crippen molar-refractivity contribution in [3.8, 4) is 17.0 Å². The zero-order valence-electron chi connectivity index (χ0n) is 17.7. The van der Waals surface area contributed by atoms with E-state index in [1.165, 1.54) is 7.11 Å². The molecule has 8 nitrogen and oxygen atoms in total.